The predicted octanol–water partition coefficient (Wildman–Crippen LogP) is 5.14. The van der Waals surface area contributed by atoms with Crippen LogP contribution in [0.4, 0.5) is 4.79 Å². The Kier molecular flexibility index (Phi) is 7.86. The number of nitrogens with zero attached hydrogens (tertiary/aromatic N) is 4. The van der Waals surface area contributed by atoms with Crippen LogP contribution in [-0.4, -0.2) is 64.7 Å². The molecule has 3 heterocycles. The van der Waals surface area contributed by atoms with Crippen LogP contribution in [0, 0.1) is 23.2 Å². The number of pyridine rings is 1. The number of benzene rings is 1. The van der Waals surface area contributed by atoms with Gasteiger partial charge in [0.1, 0.15) is 17.8 Å². The van der Waals surface area contributed by atoms with Crippen molar-refractivity contribution in [2.45, 2.75) is 45.3 Å². The van der Waals surface area contributed by atoms with Crippen molar-refractivity contribution in [3.8, 4) is 11.9 Å². The highest BCUT2D eigenvalue weighted by Crippen LogP contribution is 2.39. The van der Waals surface area contributed by atoms with E-state index in [0.29, 0.717) is 47.7 Å². The first-order valence-electron chi connectivity index (χ1n) is 12.2. The van der Waals surface area contributed by atoms with E-state index in [-0.39, 0.29) is 29.8 Å². The summed E-state index contributed by atoms with van der Waals surface area (Å²) in [5.41, 5.74) is 0.843. The van der Waals surface area contributed by atoms with Crippen molar-refractivity contribution < 1.29 is 19.1 Å². The van der Waals surface area contributed by atoms with Gasteiger partial charge in [0.15, 0.2) is 0 Å². The Balaban J connectivity index is 1.47. The number of carbonyl (C=O) groups excluding carboxylic acids is 2. The van der Waals surface area contributed by atoms with Crippen molar-refractivity contribution in [2.24, 2.45) is 11.8 Å². The SMILES string of the molecule is C[C@H](Oc1ccc(C#N)cn1)[C@H]1CN(C(=O)C2CN(C(=O)OC(C)(C)C)C2)C[C@@H]1c1ccc(Cl)c(Cl)c1. The van der Waals surface area contributed by atoms with Crippen LogP contribution < -0.4 is 4.74 Å². The van der Waals surface area contributed by atoms with Gasteiger partial charge in [0.25, 0.3) is 0 Å². The Morgan fingerprint density at radius 2 is 1.81 bits per heavy atom. The third kappa shape index (κ3) is 6.28. The first kappa shape index (κ1) is 27.0. The van der Waals surface area contributed by atoms with E-state index in [2.05, 4.69) is 4.98 Å². The molecule has 2 amide bonds. The molecule has 2 aromatic rings. The average molecular weight is 545 g/mol. The second kappa shape index (κ2) is 10.8. The van der Waals surface area contributed by atoms with Crippen LogP contribution in [0.5, 0.6) is 5.88 Å². The summed E-state index contributed by atoms with van der Waals surface area (Å²) < 4.78 is 11.5. The van der Waals surface area contributed by atoms with E-state index < -0.39 is 11.7 Å². The van der Waals surface area contributed by atoms with Gasteiger partial charge in [-0.15, -0.1) is 0 Å². The smallest absolute Gasteiger partial charge is 0.410 e. The second-order valence-electron chi connectivity index (χ2n) is 10.6. The minimum absolute atomic E-state index is 0.0102. The summed E-state index contributed by atoms with van der Waals surface area (Å²) in [6, 6.07) is 10.9. The van der Waals surface area contributed by atoms with Crippen LogP contribution in [0.1, 0.15) is 44.7 Å². The summed E-state index contributed by atoms with van der Waals surface area (Å²) in [5.74, 6) is 0.0826. The van der Waals surface area contributed by atoms with Gasteiger partial charge in [-0.05, 0) is 51.5 Å². The summed E-state index contributed by atoms with van der Waals surface area (Å²) in [7, 11) is 0. The summed E-state index contributed by atoms with van der Waals surface area (Å²) >= 11 is 12.5. The number of nitriles is 1. The van der Waals surface area contributed by atoms with Crippen LogP contribution >= 0.6 is 23.2 Å². The summed E-state index contributed by atoms with van der Waals surface area (Å²) in [5, 5.41) is 9.94. The lowest BCUT2D eigenvalue weighted by molar-refractivity contribution is -0.139. The molecule has 196 valence electrons. The quantitative estimate of drug-likeness (QED) is 0.517. The van der Waals surface area contributed by atoms with E-state index >= 15 is 0 Å². The Morgan fingerprint density at radius 3 is 2.41 bits per heavy atom. The molecule has 2 aliphatic heterocycles. The summed E-state index contributed by atoms with van der Waals surface area (Å²) in [4.78, 5) is 33.3. The van der Waals surface area contributed by atoms with E-state index in [1.807, 2.05) is 50.8 Å². The van der Waals surface area contributed by atoms with Crippen LogP contribution in [0.3, 0.4) is 0 Å². The highest BCUT2D eigenvalue weighted by molar-refractivity contribution is 6.42. The van der Waals surface area contributed by atoms with Crippen molar-refractivity contribution in [1.82, 2.24) is 14.8 Å². The molecule has 4 rings (SSSR count). The van der Waals surface area contributed by atoms with Crippen molar-refractivity contribution >= 4 is 35.2 Å². The maximum Gasteiger partial charge on any atom is 0.410 e. The Bertz CT molecular complexity index is 1200. The van der Waals surface area contributed by atoms with E-state index in [0.717, 1.165) is 5.56 Å². The summed E-state index contributed by atoms with van der Waals surface area (Å²) in [6.45, 7) is 9.08. The van der Waals surface area contributed by atoms with Gasteiger partial charge in [0.2, 0.25) is 11.8 Å². The van der Waals surface area contributed by atoms with Gasteiger partial charge in [0, 0.05) is 50.3 Å². The fraction of sp³-hybridized carbons (Fsp3) is 0.481. The topological polar surface area (TPSA) is 95.8 Å². The number of amides is 2. The number of aromatic nitrogens is 1. The molecule has 0 N–H and O–H groups in total. The standard InChI is InChI=1S/C27H30Cl2N4O4/c1-16(36-24-8-5-17(10-30)11-31-24)20-14-32(15-21(20)18-6-7-22(28)23(29)9-18)25(34)19-12-33(13-19)26(35)37-27(2,3)4/h5-9,11,16,19-21H,12-15H2,1-4H3/t16-,20+,21+/m0/s1. The van der Waals surface area contributed by atoms with Crippen molar-refractivity contribution in [3.05, 3.63) is 57.7 Å². The van der Waals surface area contributed by atoms with Crippen molar-refractivity contribution in [3.63, 3.8) is 0 Å². The first-order chi connectivity index (χ1) is 17.4. The summed E-state index contributed by atoms with van der Waals surface area (Å²) in [6.07, 6.45) is 0.787. The van der Waals surface area contributed by atoms with Gasteiger partial charge >= 0.3 is 6.09 Å². The lowest BCUT2D eigenvalue weighted by Crippen LogP contribution is -2.57. The molecule has 0 bridgehead atoms. The zero-order valence-corrected chi connectivity index (χ0v) is 22.8. The lowest BCUT2D eigenvalue weighted by atomic mass is 9.86. The van der Waals surface area contributed by atoms with Crippen molar-refractivity contribution in [2.75, 3.05) is 26.2 Å². The van der Waals surface area contributed by atoms with E-state index in [1.165, 1.54) is 6.20 Å². The fourth-order valence-corrected chi connectivity index (χ4v) is 5.05. The molecule has 37 heavy (non-hydrogen) atoms. The highest BCUT2D eigenvalue weighted by atomic mass is 35.5. The zero-order valence-electron chi connectivity index (χ0n) is 21.3. The second-order valence-corrected chi connectivity index (χ2v) is 11.4. The maximum absolute atomic E-state index is 13.4. The van der Waals surface area contributed by atoms with E-state index in [1.54, 1.807) is 23.1 Å². The maximum atomic E-state index is 13.4. The normalized spacial score (nSPS) is 20.7. The predicted molar refractivity (Wildman–Crippen MR) is 140 cm³/mol. The Labute approximate surface area is 227 Å². The molecular weight excluding hydrogens is 515 g/mol. The lowest BCUT2D eigenvalue weighted by Gasteiger charge is -2.40. The van der Waals surface area contributed by atoms with E-state index in [9.17, 15) is 9.59 Å². The largest absolute Gasteiger partial charge is 0.474 e. The molecule has 2 saturated heterocycles. The fourth-order valence-electron chi connectivity index (χ4n) is 4.74. The molecule has 2 aliphatic rings. The molecule has 0 unspecified atom stereocenters. The molecule has 2 fully saturated rings. The first-order valence-corrected chi connectivity index (χ1v) is 12.9. The monoisotopic (exact) mass is 544 g/mol. The minimum atomic E-state index is -0.582. The van der Waals surface area contributed by atoms with Gasteiger partial charge in [-0.25, -0.2) is 9.78 Å². The number of carbonyl (C=O) groups is 2. The van der Waals surface area contributed by atoms with Gasteiger partial charge < -0.3 is 19.3 Å². The molecule has 0 spiro atoms. The third-order valence-corrected chi connectivity index (χ3v) is 7.45. The van der Waals surface area contributed by atoms with Crippen LogP contribution in [0.15, 0.2) is 36.5 Å². The molecule has 1 aromatic heterocycles. The molecule has 3 atom stereocenters. The molecule has 0 saturated carbocycles. The minimum Gasteiger partial charge on any atom is -0.474 e. The van der Waals surface area contributed by atoms with Crippen LogP contribution in [-0.2, 0) is 9.53 Å². The highest BCUT2D eigenvalue weighted by Gasteiger charge is 2.45. The number of hydrogen-bond donors (Lipinski definition) is 0. The van der Waals surface area contributed by atoms with E-state index in [4.69, 9.17) is 37.9 Å². The number of likely N-dealkylation sites (tertiary alicyclic amines) is 2. The molecule has 0 aliphatic carbocycles. The van der Waals surface area contributed by atoms with Crippen molar-refractivity contribution in [1.29, 1.82) is 5.26 Å². The Morgan fingerprint density at radius 1 is 1.08 bits per heavy atom. The third-order valence-electron chi connectivity index (χ3n) is 6.71. The van der Waals surface area contributed by atoms with Gasteiger partial charge in [-0.1, -0.05) is 29.3 Å². The molecule has 8 nitrogen and oxygen atoms in total. The van der Waals surface area contributed by atoms with Crippen LogP contribution in [0.2, 0.25) is 10.0 Å². The van der Waals surface area contributed by atoms with Gasteiger partial charge in [0.05, 0.1) is 21.5 Å². The van der Waals surface area contributed by atoms with Gasteiger partial charge in [-0.2, -0.15) is 5.26 Å². The number of rotatable bonds is 5. The molecule has 10 heteroatoms. The molecule has 0 radical (unpaired) electrons. The van der Waals surface area contributed by atoms with Gasteiger partial charge in [-0.3, -0.25) is 4.79 Å². The molecule has 1 aromatic carbocycles. The Hall–Kier alpha value is -3.02. The molecular formula is C27H30Cl2N4O4. The zero-order chi connectivity index (χ0) is 26.9. The number of hydrogen-bond acceptors (Lipinski definition) is 6. The van der Waals surface area contributed by atoms with Crippen LogP contribution in [0.25, 0.3) is 0 Å². The number of halogens is 2. The average Bonchev–Trinajstić information content (AvgIpc) is 3.25. The number of ether oxygens (including phenoxy) is 2.